The third-order valence-corrected chi connectivity index (χ3v) is 7.22. The molecule has 0 unspecified atom stereocenters. The lowest BCUT2D eigenvalue weighted by Crippen LogP contribution is -2.53. The Morgan fingerprint density at radius 1 is 1.27 bits per heavy atom. The molecule has 1 aromatic carbocycles. The van der Waals surface area contributed by atoms with Crippen LogP contribution in [0.25, 0.3) is 10.8 Å². The van der Waals surface area contributed by atoms with E-state index in [0.717, 1.165) is 37.5 Å². The molecule has 1 aliphatic carbocycles. The van der Waals surface area contributed by atoms with Crippen LogP contribution in [0.4, 0.5) is 4.79 Å². The van der Waals surface area contributed by atoms with Crippen LogP contribution in [0.15, 0.2) is 29.2 Å². The van der Waals surface area contributed by atoms with E-state index in [2.05, 4.69) is 31.1 Å². The Morgan fingerprint density at radius 2 is 1.94 bits per heavy atom. The highest BCUT2D eigenvalue weighted by Gasteiger charge is 2.45. The van der Waals surface area contributed by atoms with Crippen molar-refractivity contribution in [2.24, 2.45) is 11.3 Å². The highest BCUT2D eigenvalue weighted by Crippen LogP contribution is 2.47. The van der Waals surface area contributed by atoms with E-state index in [-0.39, 0.29) is 29.2 Å². The molecule has 6 nitrogen and oxygen atoms in total. The number of aromatic amines is 1. The predicted octanol–water partition coefficient (Wildman–Crippen LogP) is 6.45. The van der Waals surface area contributed by atoms with Crippen molar-refractivity contribution in [3.05, 3.63) is 39.8 Å². The Bertz CT molecular complexity index is 1030. The van der Waals surface area contributed by atoms with Gasteiger partial charge in [-0.25, -0.2) is 4.79 Å². The summed E-state index contributed by atoms with van der Waals surface area (Å²) in [5.74, 6) is 1.00. The maximum Gasteiger partial charge on any atom is 0.407 e. The molecule has 1 heterocycles. The summed E-state index contributed by atoms with van der Waals surface area (Å²) >= 11 is 6.44. The molecule has 1 fully saturated rings. The zero-order valence-electron chi connectivity index (χ0n) is 20.6. The van der Waals surface area contributed by atoms with E-state index in [4.69, 9.17) is 21.1 Å². The summed E-state index contributed by atoms with van der Waals surface area (Å²) in [6.45, 7) is 12.2. The fraction of sp³-hybridized carbons (Fsp3) is 0.615. The number of aromatic nitrogens is 1. The number of halogens is 1. The van der Waals surface area contributed by atoms with Crippen molar-refractivity contribution in [3.63, 3.8) is 0 Å². The Morgan fingerprint density at radius 3 is 2.52 bits per heavy atom. The van der Waals surface area contributed by atoms with E-state index in [1.54, 1.807) is 12.3 Å². The van der Waals surface area contributed by atoms with Crippen molar-refractivity contribution < 1.29 is 14.3 Å². The summed E-state index contributed by atoms with van der Waals surface area (Å²) in [4.78, 5) is 27.2. The van der Waals surface area contributed by atoms with Crippen molar-refractivity contribution >= 4 is 28.5 Å². The van der Waals surface area contributed by atoms with Gasteiger partial charge in [-0.05, 0) is 87.8 Å². The SMILES string of the molecule is CC[C@@H](NC(=O)OC(C)(C)C)[C@]1(C(C)C)CC[C@H](Oc2cc3cc[nH]c(=O)c3cc2Cl)CC1. The molecule has 2 N–H and O–H groups in total. The highest BCUT2D eigenvalue weighted by molar-refractivity contribution is 6.32. The molecule has 0 radical (unpaired) electrons. The number of carbonyl (C=O) groups is 1. The van der Waals surface area contributed by atoms with E-state index in [1.807, 2.05) is 32.9 Å². The third kappa shape index (κ3) is 5.84. The van der Waals surface area contributed by atoms with Gasteiger partial charge in [0.25, 0.3) is 5.56 Å². The molecule has 2 aromatic rings. The minimum Gasteiger partial charge on any atom is -0.489 e. The van der Waals surface area contributed by atoms with E-state index in [1.165, 1.54) is 0 Å². The number of nitrogens with one attached hydrogen (secondary N) is 2. The molecule has 1 atom stereocenters. The van der Waals surface area contributed by atoms with E-state index >= 15 is 0 Å². The number of fused-ring (bicyclic) bond motifs is 1. The Balaban J connectivity index is 1.72. The van der Waals surface area contributed by atoms with Gasteiger partial charge in [0.15, 0.2) is 0 Å². The summed E-state index contributed by atoms with van der Waals surface area (Å²) in [6, 6.07) is 5.39. The van der Waals surface area contributed by atoms with E-state index in [9.17, 15) is 9.59 Å². The Labute approximate surface area is 201 Å². The first-order chi connectivity index (χ1) is 15.4. The van der Waals surface area contributed by atoms with Gasteiger partial charge in [-0.3, -0.25) is 4.79 Å². The summed E-state index contributed by atoms with van der Waals surface area (Å²) in [6.07, 6.45) is 5.76. The van der Waals surface area contributed by atoms with Gasteiger partial charge in [0.1, 0.15) is 11.4 Å². The normalized spacial score (nSPS) is 22.2. The fourth-order valence-electron chi connectivity index (χ4n) is 5.14. The first kappa shape index (κ1) is 25.4. The lowest BCUT2D eigenvalue weighted by atomic mass is 9.61. The number of benzene rings is 1. The van der Waals surface area contributed by atoms with Crippen molar-refractivity contribution in [2.45, 2.75) is 91.4 Å². The first-order valence-corrected chi connectivity index (χ1v) is 12.3. The van der Waals surface area contributed by atoms with E-state index in [0.29, 0.717) is 22.1 Å². The minimum atomic E-state index is -0.525. The largest absolute Gasteiger partial charge is 0.489 e. The third-order valence-electron chi connectivity index (χ3n) is 6.93. The maximum atomic E-state index is 12.5. The number of ether oxygens (including phenoxy) is 2. The van der Waals surface area contributed by atoms with Crippen molar-refractivity contribution in [3.8, 4) is 5.75 Å². The zero-order valence-corrected chi connectivity index (χ0v) is 21.3. The molecule has 1 aromatic heterocycles. The van der Waals surface area contributed by atoms with Crippen LogP contribution in [0.5, 0.6) is 5.75 Å². The van der Waals surface area contributed by atoms with Crippen molar-refractivity contribution in [2.75, 3.05) is 0 Å². The van der Waals surface area contributed by atoms with Crippen LogP contribution in [0.2, 0.25) is 5.02 Å². The topological polar surface area (TPSA) is 80.4 Å². The lowest BCUT2D eigenvalue weighted by molar-refractivity contribution is 0.00442. The van der Waals surface area contributed by atoms with Gasteiger partial charge in [0.05, 0.1) is 11.1 Å². The molecule has 1 amide bonds. The van der Waals surface area contributed by atoms with Crippen molar-refractivity contribution in [1.82, 2.24) is 10.3 Å². The van der Waals surface area contributed by atoms with Gasteiger partial charge in [-0.15, -0.1) is 0 Å². The molecule has 0 bridgehead atoms. The van der Waals surface area contributed by atoms with Gasteiger partial charge >= 0.3 is 6.09 Å². The Hall–Kier alpha value is -2.21. The monoisotopic (exact) mass is 476 g/mol. The number of rotatable bonds is 6. The van der Waals surface area contributed by atoms with Crippen molar-refractivity contribution in [1.29, 1.82) is 0 Å². The molecule has 182 valence electrons. The average Bonchev–Trinajstić information content (AvgIpc) is 2.72. The van der Waals surface area contributed by atoms with Crippen LogP contribution in [-0.2, 0) is 4.74 Å². The summed E-state index contributed by atoms with van der Waals surface area (Å²) in [5, 5.41) is 4.96. The van der Waals surface area contributed by atoms with Gasteiger partial charge in [0.2, 0.25) is 0 Å². The number of carbonyl (C=O) groups excluding carboxylic acids is 1. The lowest BCUT2D eigenvalue weighted by Gasteiger charge is -2.48. The van der Waals surface area contributed by atoms with Crippen LogP contribution in [0.3, 0.4) is 0 Å². The molecule has 7 heteroatoms. The van der Waals surface area contributed by atoms with Crippen LogP contribution in [0, 0.1) is 11.3 Å². The van der Waals surface area contributed by atoms with Crippen LogP contribution in [0.1, 0.15) is 73.6 Å². The maximum absolute atomic E-state index is 12.5. The molecule has 0 aliphatic heterocycles. The molecule has 1 saturated carbocycles. The molecule has 0 spiro atoms. The second-order valence-corrected chi connectivity index (χ2v) is 10.9. The Kier molecular flexibility index (Phi) is 7.67. The zero-order chi connectivity index (χ0) is 24.4. The summed E-state index contributed by atoms with van der Waals surface area (Å²) < 4.78 is 11.8. The second kappa shape index (κ2) is 9.96. The highest BCUT2D eigenvalue weighted by atomic mass is 35.5. The number of hydrogen-bond donors (Lipinski definition) is 2. The minimum absolute atomic E-state index is 0.0218. The molecule has 1 aliphatic rings. The van der Waals surface area contributed by atoms with Gasteiger partial charge < -0.3 is 19.8 Å². The number of alkyl carbamates (subject to hydrolysis) is 1. The molecule has 3 rings (SSSR count). The summed E-state index contributed by atoms with van der Waals surface area (Å²) in [5.41, 5.74) is -0.710. The van der Waals surface area contributed by atoms with Gasteiger partial charge in [-0.1, -0.05) is 32.4 Å². The van der Waals surface area contributed by atoms with Gasteiger partial charge in [0, 0.05) is 17.6 Å². The fourth-order valence-corrected chi connectivity index (χ4v) is 5.34. The predicted molar refractivity (Wildman–Crippen MR) is 133 cm³/mol. The molecular weight excluding hydrogens is 440 g/mol. The van der Waals surface area contributed by atoms with Crippen LogP contribution < -0.4 is 15.6 Å². The second-order valence-electron chi connectivity index (χ2n) is 10.5. The molecule has 0 saturated heterocycles. The number of amides is 1. The number of hydrogen-bond acceptors (Lipinski definition) is 4. The van der Waals surface area contributed by atoms with E-state index < -0.39 is 5.60 Å². The average molecular weight is 477 g/mol. The standard InChI is InChI=1S/C26H37ClN2O4/c1-7-22(29-24(31)33-25(4,5)6)26(16(2)3)11-8-18(9-12-26)32-21-14-17-10-13-28-23(30)19(17)15-20(21)27/h10,13-16,18,22H,7-9,11-12H2,1-6H3,(H,28,30)(H,29,31)/t18-,22-,26+/m1/s1. The quantitative estimate of drug-likeness (QED) is 0.502. The number of pyridine rings is 1. The van der Waals surface area contributed by atoms with Crippen LogP contribution in [-0.4, -0.2) is 28.8 Å². The smallest absolute Gasteiger partial charge is 0.407 e. The van der Waals surface area contributed by atoms with Crippen LogP contribution >= 0.6 is 11.6 Å². The summed E-state index contributed by atoms with van der Waals surface area (Å²) in [7, 11) is 0. The molecule has 33 heavy (non-hydrogen) atoms. The molecular formula is C26H37ClN2O4. The van der Waals surface area contributed by atoms with Gasteiger partial charge in [-0.2, -0.15) is 0 Å². The first-order valence-electron chi connectivity index (χ1n) is 11.9. The number of H-pyrrole nitrogens is 1.